The first kappa shape index (κ1) is 11.2. The Hall–Kier alpha value is -0.870. The highest BCUT2D eigenvalue weighted by Gasteiger charge is 2.27. The molecule has 80 valence electrons. The third-order valence-electron chi connectivity index (χ3n) is 2.28. The van der Waals surface area contributed by atoms with Gasteiger partial charge < -0.3 is 0 Å². The highest BCUT2D eigenvalue weighted by molar-refractivity contribution is 5.08. The molecule has 0 aromatic carbocycles. The van der Waals surface area contributed by atoms with Crippen molar-refractivity contribution in [2.75, 3.05) is 13.6 Å². The average Bonchev–Trinajstić information content (AvgIpc) is 2.46. The molecule has 0 amide bonds. The number of hydrogen-bond donors (Lipinski definition) is 1. The molecular formula is C10H20N3O+. The second-order valence-electron chi connectivity index (χ2n) is 3.72. The van der Waals surface area contributed by atoms with Crippen molar-refractivity contribution < 1.29 is 9.85 Å². The van der Waals surface area contributed by atoms with Crippen molar-refractivity contribution in [3.05, 3.63) is 17.5 Å². The van der Waals surface area contributed by atoms with Crippen LogP contribution in [0.3, 0.4) is 0 Å². The normalized spacial score (nSPS) is 24.9. The Balaban J connectivity index is 0.000000461. The maximum atomic E-state index is 9.73. The molecule has 14 heavy (non-hydrogen) atoms. The molecule has 1 N–H and O–H groups in total. The molecule has 0 fully saturated rings. The van der Waals surface area contributed by atoms with Crippen LogP contribution in [-0.2, 0) is 13.1 Å². The van der Waals surface area contributed by atoms with Crippen LogP contribution in [0.5, 0.6) is 0 Å². The molecule has 0 saturated heterocycles. The third-order valence-corrected chi connectivity index (χ3v) is 2.28. The van der Waals surface area contributed by atoms with Gasteiger partial charge in [-0.3, -0.25) is 4.68 Å². The maximum Gasteiger partial charge on any atom is 0.151 e. The highest BCUT2D eigenvalue weighted by atomic mass is 16.5. The quantitative estimate of drug-likeness (QED) is 0.642. The number of fused-ring (bicyclic) bond motifs is 1. The van der Waals surface area contributed by atoms with Crippen LogP contribution in [0.4, 0.5) is 0 Å². The summed E-state index contributed by atoms with van der Waals surface area (Å²) >= 11 is 0. The van der Waals surface area contributed by atoms with Crippen molar-refractivity contribution in [3.63, 3.8) is 0 Å². The van der Waals surface area contributed by atoms with Gasteiger partial charge in [-0.2, -0.15) is 9.75 Å². The first-order chi connectivity index (χ1) is 6.57. The summed E-state index contributed by atoms with van der Waals surface area (Å²) in [7, 11) is 1.83. The molecule has 0 radical (unpaired) electrons. The fourth-order valence-corrected chi connectivity index (χ4v) is 1.66. The van der Waals surface area contributed by atoms with Crippen molar-refractivity contribution in [1.82, 2.24) is 9.78 Å². The van der Waals surface area contributed by atoms with Crippen LogP contribution in [-0.4, -0.2) is 33.2 Å². The predicted octanol–water partition coefficient (Wildman–Crippen LogP) is 1.57. The van der Waals surface area contributed by atoms with Gasteiger partial charge in [0.1, 0.15) is 6.54 Å². The van der Waals surface area contributed by atoms with Crippen molar-refractivity contribution in [2.24, 2.45) is 0 Å². The number of hydrogen-bond acceptors (Lipinski definition) is 2. The summed E-state index contributed by atoms with van der Waals surface area (Å²) in [4.78, 5) is 0. The molecule has 2 rings (SSSR count). The third kappa shape index (κ3) is 2.33. The lowest BCUT2D eigenvalue weighted by molar-refractivity contribution is -1.10. The zero-order chi connectivity index (χ0) is 10.8. The zero-order valence-corrected chi connectivity index (χ0v) is 9.49. The van der Waals surface area contributed by atoms with Gasteiger partial charge in [-0.05, 0) is 13.0 Å². The first-order valence-electron chi connectivity index (χ1n) is 5.17. The van der Waals surface area contributed by atoms with Gasteiger partial charge in [0.25, 0.3) is 0 Å². The van der Waals surface area contributed by atoms with E-state index in [1.54, 1.807) is 0 Å². The van der Waals surface area contributed by atoms with E-state index in [-0.39, 0.29) is 4.65 Å². The minimum atomic E-state index is 0.0884. The number of rotatable bonds is 0. The van der Waals surface area contributed by atoms with E-state index in [0.29, 0.717) is 6.54 Å². The summed E-state index contributed by atoms with van der Waals surface area (Å²) in [6, 6.07) is 2.03. The van der Waals surface area contributed by atoms with Crippen LogP contribution in [0.15, 0.2) is 6.07 Å². The van der Waals surface area contributed by atoms with Gasteiger partial charge in [0.15, 0.2) is 6.54 Å². The van der Waals surface area contributed by atoms with Crippen LogP contribution in [0, 0.1) is 6.92 Å². The lowest BCUT2D eigenvalue weighted by atomic mass is 10.3. The summed E-state index contributed by atoms with van der Waals surface area (Å²) in [5.41, 5.74) is 2.16. The highest BCUT2D eigenvalue weighted by Crippen LogP contribution is 2.15. The molecule has 1 aliphatic rings. The Labute approximate surface area is 85.3 Å². The standard InChI is InChI=1S/C8H14N3O.C2H6/c1-7-5-8-6-11(2,12)4-3-10(8)9-7;1-2/h5,12H,3-4,6H2,1-2H3;1-2H3/q+1;. The van der Waals surface area contributed by atoms with E-state index < -0.39 is 0 Å². The summed E-state index contributed by atoms with van der Waals surface area (Å²) in [6.07, 6.45) is 0. The van der Waals surface area contributed by atoms with Crippen molar-refractivity contribution in [3.8, 4) is 0 Å². The molecule has 0 aliphatic carbocycles. The smallest absolute Gasteiger partial charge is 0.151 e. The van der Waals surface area contributed by atoms with Crippen LogP contribution < -0.4 is 0 Å². The van der Waals surface area contributed by atoms with Gasteiger partial charge in [0, 0.05) is 0 Å². The molecule has 1 aromatic rings. The number of aryl methyl sites for hydroxylation is 1. The van der Waals surface area contributed by atoms with Gasteiger partial charge in [-0.1, -0.05) is 13.8 Å². The molecule has 4 heteroatoms. The van der Waals surface area contributed by atoms with E-state index in [0.717, 1.165) is 24.5 Å². The molecule has 1 atom stereocenters. The van der Waals surface area contributed by atoms with Crippen LogP contribution in [0.25, 0.3) is 0 Å². The van der Waals surface area contributed by atoms with Crippen LogP contribution >= 0.6 is 0 Å². The fourth-order valence-electron chi connectivity index (χ4n) is 1.66. The largest absolute Gasteiger partial charge is 0.258 e. The van der Waals surface area contributed by atoms with Gasteiger partial charge in [-0.25, -0.2) is 5.21 Å². The fraction of sp³-hybridized carbons (Fsp3) is 0.700. The molecule has 4 nitrogen and oxygen atoms in total. The monoisotopic (exact) mass is 198 g/mol. The second-order valence-corrected chi connectivity index (χ2v) is 3.72. The molecule has 0 saturated carbocycles. The predicted molar refractivity (Wildman–Crippen MR) is 54.9 cm³/mol. The Morgan fingerprint density at radius 2 is 2.14 bits per heavy atom. The van der Waals surface area contributed by atoms with E-state index in [4.69, 9.17) is 0 Å². The molecule has 1 aromatic heterocycles. The van der Waals surface area contributed by atoms with Crippen molar-refractivity contribution >= 4 is 0 Å². The molecule has 2 heterocycles. The number of quaternary nitrogens is 1. The van der Waals surface area contributed by atoms with Crippen molar-refractivity contribution in [1.29, 1.82) is 0 Å². The number of aromatic nitrogens is 2. The van der Waals surface area contributed by atoms with E-state index in [1.165, 1.54) is 0 Å². The molecular weight excluding hydrogens is 178 g/mol. The summed E-state index contributed by atoms with van der Waals surface area (Å²) in [5, 5.41) is 14.0. The maximum absolute atomic E-state index is 9.73. The molecule has 1 aliphatic heterocycles. The molecule has 0 spiro atoms. The Morgan fingerprint density at radius 1 is 1.50 bits per heavy atom. The van der Waals surface area contributed by atoms with E-state index in [2.05, 4.69) is 5.10 Å². The number of likely N-dealkylation sites (N-methyl/N-ethyl adjacent to an activating group) is 1. The summed E-state index contributed by atoms with van der Waals surface area (Å²) in [5.74, 6) is 0. The summed E-state index contributed by atoms with van der Waals surface area (Å²) in [6.45, 7) is 8.21. The number of hydroxylamine groups is 3. The van der Waals surface area contributed by atoms with Gasteiger partial charge >= 0.3 is 0 Å². The topological polar surface area (TPSA) is 38.0 Å². The van der Waals surface area contributed by atoms with Gasteiger partial charge in [-0.15, -0.1) is 0 Å². The SMILES string of the molecule is CC.Cc1cc2n(n1)CC[N+](C)(O)C2. The molecule has 1 unspecified atom stereocenters. The number of nitrogens with zero attached hydrogens (tertiary/aromatic N) is 3. The van der Waals surface area contributed by atoms with Crippen LogP contribution in [0.2, 0.25) is 0 Å². The van der Waals surface area contributed by atoms with Gasteiger partial charge in [0.05, 0.1) is 25.0 Å². The first-order valence-corrected chi connectivity index (χ1v) is 5.17. The average molecular weight is 198 g/mol. The molecule has 0 bridgehead atoms. The Kier molecular flexibility index (Phi) is 3.29. The summed E-state index contributed by atoms with van der Waals surface area (Å²) < 4.78 is 2.07. The lowest BCUT2D eigenvalue weighted by Gasteiger charge is -2.29. The minimum absolute atomic E-state index is 0.0884. The zero-order valence-electron chi connectivity index (χ0n) is 9.49. The van der Waals surface area contributed by atoms with Gasteiger partial charge in [0.2, 0.25) is 0 Å². The van der Waals surface area contributed by atoms with E-state index >= 15 is 0 Å². The Morgan fingerprint density at radius 3 is 2.79 bits per heavy atom. The lowest BCUT2D eigenvalue weighted by Crippen LogP contribution is -2.46. The Bertz CT molecular complexity index is 304. The van der Waals surface area contributed by atoms with Crippen molar-refractivity contribution in [2.45, 2.75) is 33.9 Å². The van der Waals surface area contributed by atoms with E-state index in [9.17, 15) is 5.21 Å². The second kappa shape index (κ2) is 4.11. The minimum Gasteiger partial charge on any atom is -0.258 e. The van der Waals surface area contributed by atoms with Crippen LogP contribution in [0.1, 0.15) is 25.2 Å². The van der Waals surface area contributed by atoms with E-state index in [1.807, 2.05) is 38.6 Å².